The van der Waals surface area contributed by atoms with Gasteiger partial charge in [-0.2, -0.15) is 10.4 Å². The van der Waals surface area contributed by atoms with Crippen molar-refractivity contribution in [2.75, 3.05) is 5.32 Å². The molecule has 6 heteroatoms. The van der Waals surface area contributed by atoms with Gasteiger partial charge in [-0.15, -0.1) is 0 Å². The summed E-state index contributed by atoms with van der Waals surface area (Å²) in [6.45, 7) is 0. The highest BCUT2D eigenvalue weighted by atomic mass is 16.1. The van der Waals surface area contributed by atoms with Crippen molar-refractivity contribution in [1.82, 2.24) is 14.8 Å². The van der Waals surface area contributed by atoms with E-state index in [9.17, 15) is 10.1 Å². The van der Waals surface area contributed by atoms with E-state index < -0.39 is 0 Å². The number of nitriles is 1. The molecule has 0 aliphatic heterocycles. The summed E-state index contributed by atoms with van der Waals surface area (Å²) in [5.41, 5.74) is 5.32. The van der Waals surface area contributed by atoms with E-state index in [1.165, 1.54) is 5.56 Å². The third-order valence-corrected chi connectivity index (χ3v) is 6.54. The fourth-order valence-corrected chi connectivity index (χ4v) is 5.00. The molecular weight excluding hydrogens is 350 g/mol. The standard InChI is InChI=1S/C22H25N5O/c23-13-16-11-14-3-1-5-19(14)25-22(16)24-17-7-9-18(10-8-17)27-21(28)12-15-4-2-6-20(15)26-27/h11-12,17-18H,1-10H2,(H,24,25). The molecule has 0 atom stereocenters. The van der Waals surface area contributed by atoms with Gasteiger partial charge in [0, 0.05) is 17.8 Å². The minimum Gasteiger partial charge on any atom is -0.366 e. The summed E-state index contributed by atoms with van der Waals surface area (Å²) in [7, 11) is 0. The molecule has 0 saturated heterocycles. The van der Waals surface area contributed by atoms with Gasteiger partial charge in [0.15, 0.2) is 0 Å². The van der Waals surface area contributed by atoms with Crippen LogP contribution in [0.2, 0.25) is 0 Å². The molecule has 2 aromatic heterocycles. The van der Waals surface area contributed by atoms with Crippen molar-refractivity contribution in [3.8, 4) is 6.07 Å². The predicted octanol–water partition coefficient (Wildman–Crippen LogP) is 3.08. The molecule has 0 bridgehead atoms. The highest BCUT2D eigenvalue weighted by Crippen LogP contribution is 2.31. The van der Waals surface area contributed by atoms with Crippen LogP contribution in [0.25, 0.3) is 0 Å². The molecular formula is C22H25N5O. The van der Waals surface area contributed by atoms with E-state index in [1.807, 2.05) is 6.07 Å². The number of aromatic nitrogens is 3. The summed E-state index contributed by atoms with van der Waals surface area (Å²) in [6, 6.07) is 6.58. The molecule has 2 heterocycles. The minimum atomic E-state index is 0.0455. The van der Waals surface area contributed by atoms with Crippen LogP contribution in [0.4, 0.5) is 5.82 Å². The molecule has 2 aromatic rings. The maximum absolute atomic E-state index is 12.5. The molecule has 0 unspecified atom stereocenters. The van der Waals surface area contributed by atoms with Crippen LogP contribution in [-0.2, 0) is 25.7 Å². The van der Waals surface area contributed by atoms with Crippen LogP contribution in [0.3, 0.4) is 0 Å². The number of hydrogen-bond acceptors (Lipinski definition) is 5. The second-order valence-electron chi connectivity index (χ2n) is 8.36. The molecule has 0 aromatic carbocycles. The smallest absolute Gasteiger partial charge is 0.267 e. The molecule has 1 N–H and O–H groups in total. The van der Waals surface area contributed by atoms with Crippen molar-refractivity contribution in [2.24, 2.45) is 0 Å². The van der Waals surface area contributed by atoms with Crippen LogP contribution in [0.1, 0.15) is 72.6 Å². The van der Waals surface area contributed by atoms with Crippen LogP contribution in [-0.4, -0.2) is 20.8 Å². The van der Waals surface area contributed by atoms with Crippen molar-refractivity contribution in [2.45, 2.75) is 76.3 Å². The van der Waals surface area contributed by atoms with E-state index in [2.05, 4.69) is 16.5 Å². The number of fused-ring (bicyclic) bond motifs is 2. The van der Waals surface area contributed by atoms with Gasteiger partial charge in [0.1, 0.15) is 11.9 Å². The Morgan fingerprint density at radius 3 is 2.46 bits per heavy atom. The summed E-state index contributed by atoms with van der Waals surface area (Å²) in [4.78, 5) is 17.2. The molecule has 0 amide bonds. The van der Waals surface area contributed by atoms with E-state index in [-0.39, 0.29) is 11.6 Å². The Kier molecular flexibility index (Phi) is 4.38. The highest BCUT2D eigenvalue weighted by Gasteiger charge is 2.26. The first kappa shape index (κ1) is 17.4. The molecule has 3 aliphatic carbocycles. The lowest BCUT2D eigenvalue weighted by Gasteiger charge is -2.30. The molecule has 144 valence electrons. The van der Waals surface area contributed by atoms with E-state index in [4.69, 9.17) is 4.98 Å². The average Bonchev–Trinajstić information content (AvgIpc) is 3.35. The quantitative estimate of drug-likeness (QED) is 0.891. The Morgan fingerprint density at radius 2 is 1.71 bits per heavy atom. The maximum Gasteiger partial charge on any atom is 0.267 e. The molecule has 0 spiro atoms. The summed E-state index contributed by atoms with van der Waals surface area (Å²) in [5.74, 6) is 0.736. The lowest BCUT2D eigenvalue weighted by Crippen LogP contribution is -2.34. The van der Waals surface area contributed by atoms with Crippen LogP contribution in [0.5, 0.6) is 0 Å². The Labute approximate surface area is 164 Å². The molecule has 3 aliphatic rings. The maximum atomic E-state index is 12.5. The Hall–Kier alpha value is -2.68. The second kappa shape index (κ2) is 7.05. The molecule has 1 saturated carbocycles. The van der Waals surface area contributed by atoms with Gasteiger partial charge in [-0.1, -0.05) is 0 Å². The summed E-state index contributed by atoms with van der Waals surface area (Å²) >= 11 is 0. The van der Waals surface area contributed by atoms with Crippen molar-refractivity contribution in [3.63, 3.8) is 0 Å². The van der Waals surface area contributed by atoms with Gasteiger partial charge in [-0.05, 0) is 81.4 Å². The highest BCUT2D eigenvalue weighted by molar-refractivity contribution is 5.55. The van der Waals surface area contributed by atoms with Crippen molar-refractivity contribution >= 4 is 5.82 Å². The SMILES string of the molecule is N#Cc1cc2c(nc1NC1CCC(n3nc4c(cc3=O)CCC4)CC1)CCC2. The van der Waals surface area contributed by atoms with Gasteiger partial charge in [-0.25, -0.2) is 9.67 Å². The lowest BCUT2D eigenvalue weighted by atomic mass is 9.91. The first-order chi connectivity index (χ1) is 13.7. The first-order valence-electron chi connectivity index (χ1n) is 10.5. The van der Waals surface area contributed by atoms with Crippen LogP contribution < -0.4 is 10.9 Å². The fourth-order valence-electron chi connectivity index (χ4n) is 5.00. The second-order valence-corrected chi connectivity index (χ2v) is 8.36. The zero-order valence-corrected chi connectivity index (χ0v) is 16.1. The van der Waals surface area contributed by atoms with E-state index >= 15 is 0 Å². The van der Waals surface area contributed by atoms with E-state index in [0.29, 0.717) is 11.6 Å². The van der Waals surface area contributed by atoms with Crippen molar-refractivity contribution in [3.05, 3.63) is 50.6 Å². The first-order valence-corrected chi connectivity index (χ1v) is 10.5. The number of nitrogens with one attached hydrogen (secondary N) is 1. The van der Waals surface area contributed by atoms with Gasteiger partial charge < -0.3 is 5.32 Å². The Bertz CT molecular complexity index is 1010. The molecule has 6 nitrogen and oxygen atoms in total. The Morgan fingerprint density at radius 1 is 1.00 bits per heavy atom. The summed E-state index contributed by atoms with van der Waals surface area (Å²) in [5, 5.41) is 17.7. The number of aryl methyl sites for hydroxylation is 4. The molecule has 28 heavy (non-hydrogen) atoms. The van der Waals surface area contributed by atoms with Gasteiger partial charge in [0.05, 0.1) is 17.3 Å². The van der Waals surface area contributed by atoms with Gasteiger partial charge in [0.25, 0.3) is 5.56 Å². The molecule has 1 fully saturated rings. The number of hydrogen-bond donors (Lipinski definition) is 1. The zero-order valence-electron chi connectivity index (χ0n) is 16.1. The van der Waals surface area contributed by atoms with Crippen molar-refractivity contribution in [1.29, 1.82) is 5.26 Å². The largest absolute Gasteiger partial charge is 0.366 e. The Balaban J connectivity index is 1.29. The van der Waals surface area contributed by atoms with Gasteiger partial charge in [-0.3, -0.25) is 4.79 Å². The fraction of sp³-hybridized carbons (Fsp3) is 0.545. The van der Waals surface area contributed by atoms with Crippen molar-refractivity contribution < 1.29 is 0 Å². The average molecular weight is 375 g/mol. The molecule has 0 radical (unpaired) electrons. The van der Waals surface area contributed by atoms with E-state index in [0.717, 1.165) is 87.0 Å². The number of rotatable bonds is 3. The normalized spacial score (nSPS) is 23.1. The van der Waals surface area contributed by atoms with E-state index in [1.54, 1.807) is 10.7 Å². The number of pyridine rings is 1. The topological polar surface area (TPSA) is 83.6 Å². The van der Waals surface area contributed by atoms with Gasteiger partial charge >= 0.3 is 0 Å². The third-order valence-electron chi connectivity index (χ3n) is 6.54. The summed E-state index contributed by atoms with van der Waals surface area (Å²) < 4.78 is 1.73. The third kappa shape index (κ3) is 3.09. The van der Waals surface area contributed by atoms with Crippen LogP contribution >= 0.6 is 0 Å². The van der Waals surface area contributed by atoms with Gasteiger partial charge in [0.2, 0.25) is 0 Å². The van der Waals surface area contributed by atoms with Crippen LogP contribution in [0, 0.1) is 11.3 Å². The van der Waals surface area contributed by atoms with Crippen LogP contribution in [0.15, 0.2) is 16.9 Å². The lowest BCUT2D eigenvalue weighted by molar-refractivity contribution is 0.301. The minimum absolute atomic E-state index is 0.0455. The number of nitrogens with zero attached hydrogens (tertiary/aromatic N) is 4. The zero-order chi connectivity index (χ0) is 19.1. The monoisotopic (exact) mass is 375 g/mol. The summed E-state index contributed by atoms with van der Waals surface area (Å²) in [6.07, 6.45) is 10.0. The predicted molar refractivity (Wildman–Crippen MR) is 106 cm³/mol. The molecule has 5 rings (SSSR count). The number of anilines is 1.